The number of nitro benzene ring substituents is 1. The second-order valence-electron chi connectivity index (χ2n) is 6.72. The van der Waals surface area contributed by atoms with Crippen LogP contribution in [0.1, 0.15) is 13.8 Å². The molecule has 2 amide bonds. The van der Waals surface area contributed by atoms with Gasteiger partial charge >= 0.3 is 0 Å². The Morgan fingerprint density at radius 1 is 0.969 bits per heavy atom. The fourth-order valence-corrected chi connectivity index (χ4v) is 2.99. The number of amides is 2. The topological polar surface area (TPSA) is 123 Å². The van der Waals surface area contributed by atoms with Gasteiger partial charge in [-0.05, 0) is 45.2 Å². The fraction of sp³-hybridized carbons (Fsp3) is 0.333. The van der Waals surface area contributed by atoms with Crippen molar-refractivity contribution in [2.24, 2.45) is 0 Å². The second kappa shape index (κ2) is 11.9. The summed E-state index contributed by atoms with van der Waals surface area (Å²) >= 11 is 5.77. The van der Waals surface area contributed by atoms with E-state index in [-0.39, 0.29) is 35.4 Å². The van der Waals surface area contributed by atoms with Crippen molar-refractivity contribution in [2.45, 2.75) is 13.8 Å². The molecule has 0 aromatic heterocycles. The van der Waals surface area contributed by atoms with E-state index in [9.17, 15) is 19.7 Å². The molecule has 10 nitrogen and oxygen atoms in total. The van der Waals surface area contributed by atoms with Gasteiger partial charge in [-0.1, -0.05) is 11.6 Å². The van der Waals surface area contributed by atoms with Crippen LogP contribution < -0.4 is 20.1 Å². The summed E-state index contributed by atoms with van der Waals surface area (Å²) in [5.41, 5.74) is 0.467. The summed E-state index contributed by atoms with van der Waals surface area (Å²) in [6.07, 6.45) is 0. The van der Waals surface area contributed by atoms with Gasteiger partial charge in [-0.3, -0.25) is 24.6 Å². The number of nitro groups is 1. The van der Waals surface area contributed by atoms with Crippen LogP contribution in [-0.4, -0.2) is 55.0 Å². The van der Waals surface area contributed by atoms with Crippen LogP contribution in [-0.2, 0) is 9.59 Å². The number of rotatable bonds is 11. The van der Waals surface area contributed by atoms with Crippen molar-refractivity contribution in [3.8, 4) is 11.5 Å². The molecule has 32 heavy (non-hydrogen) atoms. The molecule has 0 unspecified atom stereocenters. The zero-order valence-corrected chi connectivity index (χ0v) is 18.8. The minimum absolute atomic E-state index is 0.0245. The molecule has 2 N–H and O–H groups in total. The summed E-state index contributed by atoms with van der Waals surface area (Å²) in [5.74, 6) is 0.353. The number of likely N-dealkylation sites (N-methyl/N-ethyl adjacent to an activating group) is 1. The summed E-state index contributed by atoms with van der Waals surface area (Å²) in [4.78, 5) is 36.4. The zero-order valence-electron chi connectivity index (χ0n) is 18.0. The number of benzene rings is 2. The van der Waals surface area contributed by atoms with Gasteiger partial charge in [0.1, 0.15) is 5.02 Å². The molecule has 0 atom stereocenters. The van der Waals surface area contributed by atoms with E-state index in [1.165, 1.54) is 23.1 Å². The Morgan fingerprint density at radius 2 is 1.50 bits per heavy atom. The molecule has 0 saturated heterocycles. The fourth-order valence-electron chi connectivity index (χ4n) is 2.81. The van der Waals surface area contributed by atoms with E-state index >= 15 is 0 Å². The maximum Gasteiger partial charge on any atom is 0.289 e. The van der Waals surface area contributed by atoms with Crippen LogP contribution in [0.4, 0.5) is 17.1 Å². The number of anilines is 2. The normalized spacial score (nSPS) is 10.5. The van der Waals surface area contributed by atoms with Crippen molar-refractivity contribution in [3.05, 3.63) is 51.5 Å². The molecule has 0 spiro atoms. The molecular weight excluding hydrogens is 440 g/mol. The van der Waals surface area contributed by atoms with Crippen molar-refractivity contribution in [1.29, 1.82) is 0 Å². The van der Waals surface area contributed by atoms with Crippen molar-refractivity contribution in [2.75, 3.05) is 44.0 Å². The van der Waals surface area contributed by atoms with Crippen LogP contribution in [0.15, 0.2) is 36.4 Å². The van der Waals surface area contributed by atoms with Gasteiger partial charge in [0.05, 0.1) is 31.2 Å². The summed E-state index contributed by atoms with van der Waals surface area (Å²) in [6.45, 7) is 4.51. The molecule has 0 aliphatic heterocycles. The predicted molar refractivity (Wildman–Crippen MR) is 122 cm³/mol. The highest BCUT2D eigenvalue weighted by molar-refractivity contribution is 6.32. The molecule has 172 valence electrons. The van der Waals surface area contributed by atoms with E-state index in [1.807, 2.05) is 13.8 Å². The van der Waals surface area contributed by atoms with Gasteiger partial charge in [0, 0.05) is 23.5 Å². The predicted octanol–water partition coefficient (Wildman–Crippen LogP) is 3.55. The maximum atomic E-state index is 12.4. The largest absolute Gasteiger partial charge is 0.490 e. The Morgan fingerprint density at radius 3 is 2.06 bits per heavy atom. The molecule has 2 rings (SSSR count). The first-order chi connectivity index (χ1) is 15.2. The summed E-state index contributed by atoms with van der Waals surface area (Å²) in [6, 6.07) is 9.06. The average molecular weight is 465 g/mol. The lowest BCUT2D eigenvalue weighted by Gasteiger charge is -2.17. The monoisotopic (exact) mass is 464 g/mol. The van der Waals surface area contributed by atoms with Crippen molar-refractivity contribution in [1.82, 2.24) is 4.90 Å². The lowest BCUT2D eigenvalue weighted by molar-refractivity contribution is -0.384. The van der Waals surface area contributed by atoms with Crippen molar-refractivity contribution < 1.29 is 24.0 Å². The summed E-state index contributed by atoms with van der Waals surface area (Å²) in [7, 11) is 1.60. The Labute approximate surface area is 190 Å². The molecule has 0 heterocycles. The van der Waals surface area contributed by atoms with Crippen LogP contribution in [0.2, 0.25) is 5.02 Å². The van der Waals surface area contributed by atoms with Gasteiger partial charge in [-0.2, -0.15) is 0 Å². The van der Waals surface area contributed by atoms with E-state index in [0.29, 0.717) is 30.4 Å². The number of halogens is 1. The Hall–Kier alpha value is -3.37. The quantitative estimate of drug-likeness (QED) is 0.385. The van der Waals surface area contributed by atoms with Crippen molar-refractivity contribution >= 4 is 40.5 Å². The third kappa shape index (κ3) is 7.40. The first kappa shape index (κ1) is 24.9. The Kier molecular flexibility index (Phi) is 9.23. The molecule has 0 fully saturated rings. The third-order valence-corrected chi connectivity index (χ3v) is 4.40. The lowest BCUT2D eigenvalue weighted by atomic mass is 10.2. The standard InChI is InChI=1S/C21H25ClN4O6/c1-4-31-18-9-7-15(11-19(18)32-5-2)24-21(28)13-25(3)12-20(27)23-14-6-8-16(22)17(10-14)26(29)30/h6-11H,4-5,12-13H2,1-3H3,(H,23,27)(H,24,28). The number of carbonyl (C=O) groups excluding carboxylic acids is 2. The molecule has 2 aromatic rings. The van der Waals surface area contributed by atoms with E-state index < -0.39 is 10.8 Å². The molecule has 2 aromatic carbocycles. The number of nitrogens with zero attached hydrogens (tertiary/aromatic N) is 2. The smallest absolute Gasteiger partial charge is 0.289 e. The van der Waals surface area contributed by atoms with Crippen LogP contribution in [0, 0.1) is 10.1 Å². The Balaban J connectivity index is 1.91. The van der Waals surface area contributed by atoms with E-state index in [1.54, 1.807) is 25.2 Å². The van der Waals surface area contributed by atoms with Crippen LogP contribution in [0.3, 0.4) is 0 Å². The molecule has 0 aliphatic carbocycles. The number of nitrogens with one attached hydrogen (secondary N) is 2. The van der Waals surface area contributed by atoms with Gasteiger partial charge < -0.3 is 20.1 Å². The van der Waals surface area contributed by atoms with Gasteiger partial charge in [0.15, 0.2) is 11.5 Å². The molecule has 0 radical (unpaired) electrons. The third-order valence-electron chi connectivity index (χ3n) is 4.08. The number of carbonyl (C=O) groups is 2. The number of hydrogen-bond acceptors (Lipinski definition) is 7. The summed E-state index contributed by atoms with van der Waals surface area (Å²) < 4.78 is 11.0. The molecule has 0 saturated carbocycles. The first-order valence-electron chi connectivity index (χ1n) is 9.85. The van der Waals surface area contributed by atoms with Gasteiger partial charge in [0.25, 0.3) is 5.69 Å². The van der Waals surface area contributed by atoms with Gasteiger partial charge in [0.2, 0.25) is 11.8 Å². The van der Waals surface area contributed by atoms with E-state index in [4.69, 9.17) is 21.1 Å². The van der Waals surface area contributed by atoms with Crippen LogP contribution >= 0.6 is 11.6 Å². The highest BCUT2D eigenvalue weighted by Gasteiger charge is 2.16. The SMILES string of the molecule is CCOc1ccc(NC(=O)CN(C)CC(=O)Nc2ccc(Cl)c([N+](=O)[O-])c2)cc1OCC. The van der Waals surface area contributed by atoms with Crippen molar-refractivity contribution in [3.63, 3.8) is 0 Å². The van der Waals surface area contributed by atoms with E-state index in [2.05, 4.69) is 10.6 Å². The average Bonchev–Trinajstić information content (AvgIpc) is 2.71. The van der Waals surface area contributed by atoms with Gasteiger partial charge in [-0.15, -0.1) is 0 Å². The summed E-state index contributed by atoms with van der Waals surface area (Å²) in [5, 5.41) is 16.2. The second-order valence-corrected chi connectivity index (χ2v) is 7.13. The van der Waals surface area contributed by atoms with E-state index in [0.717, 1.165) is 0 Å². The highest BCUT2D eigenvalue weighted by Crippen LogP contribution is 2.30. The maximum absolute atomic E-state index is 12.4. The highest BCUT2D eigenvalue weighted by atomic mass is 35.5. The molecule has 11 heteroatoms. The number of ether oxygens (including phenoxy) is 2. The van der Waals surface area contributed by atoms with Gasteiger partial charge in [-0.25, -0.2) is 0 Å². The Bertz CT molecular complexity index is 985. The first-order valence-corrected chi connectivity index (χ1v) is 10.2. The molecule has 0 bridgehead atoms. The number of hydrogen-bond donors (Lipinski definition) is 2. The minimum Gasteiger partial charge on any atom is -0.490 e. The lowest BCUT2D eigenvalue weighted by Crippen LogP contribution is -2.36. The molecular formula is C21H25ClN4O6. The van der Waals surface area contributed by atoms with Crippen LogP contribution in [0.25, 0.3) is 0 Å². The van der Waals surface area contributed by atoms with Crippen LogP contribution in [0.5, 0.6) is 11.5 Å². The zero-order chi connectivity index (χ0) is 23.7. The molecule has 0 aliphatic rings. The minimum atomic E-state index is -0.633.